The Hall–Kier alpha value is -2.75. The Labute approximate surface area is 185 Å². The van der Waals surface area contributed by atoms with Gasteiger partial charge in [-0.05, 0) is 30.9 Å². The van der Waals surface area contributed by atoms with E-state index in [1.807, 2.05) is 4.90 Å². The molecule has 0 spiro atoms. The molecule has 11 heteroatoms. The number of piperazine rings is 1. The van der Waals surface area contributed by atoms with Crippen LogP contribution in [0.5, 0.6) is 0 Å². The van der Waals surface area contributed by atoms with Crippen LogP contribution < -0.4 is 10.2 Å². The van der Waals surface area contributed by atoms with Crippen molar-refractivity contribution in [3.05, 3.63) is 28.8 Å². The fourth-order valence-corrected chi connectivity index (χ4v) is 5.18. The van der Waals surface area contributed by atoms with Gasteiger partial charge >= 0.3 is 12.3 Å². The van der Waals surface area contributed by atoms with E-state index in [0.717, 1.165) is 12.8 Å². The van der Waals surface area contributed by atoms with Crippen LogP contribution >= 0.6 is 11.3 Å². The van der Waals surface area contributed by atoms with Gasteiger partial charge in [-0.15, -0.1) is 11.3 Å². The van der Waals surface area contributed by atoms with E-state index >= 15 is 0 Å². The van der Waals surface area contributed by atoms with Gasteiger partial charge < -0.3 is 14.6 Å². The zero-order valence-electron chi connectivity index (χ0n) is 17.2. The highest BCUT2D eigenvalue weighted by molar-refractivity contribution is 7.13. The maximum absolute atomic E-state index is 14.0. The van der Waals surface area contributed by atoms with Crippen molar-refractivity contribution in [3.8, 4) is 10.6 Å². The summed E-state index contributed by atoms with van der Waals surface area (Å²) in [6.45, 7) is 3.11. The number of rotatable bonds is 3. The number of alkyl halides is 3. The molecule has 0 amide bonds. The van der Waals surface area contributed by atoms with Crippen LogP contribution in [0.15, 0.2) is 22.1 Å². The Morgan fingerprint density at radius 1 is 1.28 bits per heavy atom. The fourth-order valence-electron chi connectivity index (χ4n) is 4.53. The number of thiazole rings is 1. The number of fused-ring (bicyclic) bond motifs is 3. The van der Waals surface area contributed by atoms with Crippen LogP contribution in [0, 0.1) is 0 Å². The van der Waals surface area contributed by atoms with Crippen LogP contribution in [-0.4, -0.2) is 41.3 Å². The van der Waals surface area contributed by atoms with Crippen molar-refractivity contribution in [2.75, 3.05) is 18.0 Å². The SMILES string of the molecule is CCc1cc(-c2nccs2)c2oc(N3CC4CCCC(C3)N4)nc2c1C(F)(F)F.O=C=O. The van der Waals surface area contributed by atoms with E-state index in [0.29, 0.717) is 35.7 Å². The first-order valence-electron chi connectivity index (χ1n) is 10.3. The van der Waals surface area contributed by atoms with Gasteiger partial charge in [0.05, 0.1) is 11.1 Å². The first kappa shape index (κ1) is 22.4. The summed E-state index contributed by atoms with van der Waals surface area (Å²) in [5.41, 5.74) is 0.158. The molecule has 2 unspecified atom stereocenters. The molecule has 3 aromatic rings. The van der Waals surface area contributed by atoms with Crippen molar-refractivity contribution in [2.24, 2.45) is 0 Å². The monoisotopic (exact) mass is 466 g/mol. The molecule has 2 fully saturated rings. The van der Waals surface area contributed by atoms with Crippen LogP contribution in [0.25, 0.3) is 21.7 Å². The number of piperidine rings is 1. The second kappa shape index (κ2) is 9.01. The zero-order valence-corrected chi connectivity index (χ0v) is 18.1. The van der Waals surface area contributed by atoms with Crippen molar-refractivity contribution in [3.63, 3.8) is 0 Å². The standard InChI is InChI=1S/C20H21F3N4OS.CO2/c1-2-11-8-14(18-24-6-7-29-18)17-16(15(11)20(21,22)23)26-19(28-17)27-9-12-4-3-5-13(10-27)25-12;2-1-3/h6-8,12-13,25H,2-5,9-10H2,1H3;. The molecule has 2 saturated heterocycles. The zero-order chi connectivity index (χ0) is 22.9. The lowest BCUT2D eigenvalue weighted by atomic mass is 9.94. The van der Waals surface area contributed by atoms with Gasteiger partial charge in [0, 0.05) is 36.8 Å². The number of nitrogens with one attached hydrogen (secondary N) is 1. The van der Waals surface area contributed by atoms with Crippen molar-refractivity contribution in [2.45, 2.75) is 50.9 Å². The summed E-state index contributed by atoms with van der Waals surface area (Å²) >= 11 is 1.38. The summed E-state index contributed by atoms with van der Waals surface area (Å²) in [5, 5.41) is 6.02. The first-order valence-corrected chi connectivity index (χ1v) is 11.2. The molecule has 4 heterocycles. The normalized spacial score (nSPS) is 20.6. The number of hydrogen-bond donors (Lipinski definition) is 1. The van der Waals surface area contributed by atoms with Crippen LogP contribution in [-0.2, 0) is 22.2 Å². The molecule has 1 N–H and O–H groups in total. The van der Waals surface area contributed by atoms with Crippen LogP contribution in [0.4, 0.5) is 19.2 Å². The third-order valence-electron chi connectivity index (χ3n) is 5.79. The first-order chi connectivity index (χ1) is 15.4. The molecule has 7 nitrogen and oxygen atoms in total. The summed E-state index contributed by atoms with van der Waals surface area (Å²) in [6, 6.07) is 2.48. The topological polar surface area (TPSA) is 88.3 Å². The Kier molecular flexibility index (Phi) is 6.32. The molecule has 2 aliphatic rings. The highest BCUT2D eigenvalue weighted by atomic mass is 32.1. The molecular formula is C21H21F3N4O3S. The Balaban J connectivity index is 0.000000775. The van der Waals surface area contributed by atoms with Crippen molar-refractivity contribution in [1.82, 2.24) is 15.3 Å². The van der Waals surface area contributed by atoms with E-state index in [1.54, 1.807) is 24.6 Å². The Bertz CT molecular complexity index is 1110. The average Bonchev–Trinajstić information content (AvgIpc) is 3.42. The molecule has 2 bridgehead atoms. The van der Waals surface area contributed by atoms with Gasteiger partial charge in [0.2, 0.25) is 0 Å². The van der Waals surface area contributed by atoms with E-state index in [-0.39, 0.29) is 35.3 Å². The number of benzene rings is 1. The van der Waals surface area contributed by atoms with Crippen molar-refractivity contribution in [1.29, 1.82) is 0 Å². The minimum Gasteiger partial charge on any atom is -0.423 e. The number of halogens is 3. The number of aryl methyl sites for hydroxylation is 1. The lowest BCUT2D eigenvalue weighted by Crippen LogP contribution is -2.58. The van der Waals surface area contributed by atoms with Gasteiger partial charge in [0.25, 0.3) is 6.01 Å². The molecule has 1 aromatic carbocycles. The smallest absolute Gasteiger partial charge is 0.418 e. The Morgan fingerprint density at radius 3 is 2.53 bits per heavy atom. The third kappa shape index (κ3) is 4.28. The number of anilines is 1. The predicted molar refractivity (Wildman–Crippen MR) is 111 cm³/mol. The van der Waals surface area contributed by atoms with Crippen LogP contribution in [0.3, 0.4) is 0 Å². The predicted octanol–water partition coefficient (Wildman–Crippen LogP) is 4.28. The minimum absolute atomic E-state index is 0.110. The quantitative estimate of drug-likeness (QED) is 0.616. The number of hydrogen-bond acceptors (Lipinski definition) is 8. The van der Waals surface area contributed by atoms with Crippen LogP contribution in [0.2, 0.25) is 0 Å². The molecule has 32 heavy (non-hydrogen) atoms. The Morgan fingerprint density at radius 2 is 1.97 bits per heavy atom. The number of aromatic nitrogens is 2. The van der Waals surface area contributed by atoms with Gasteiger partial charge in [-0.3, -0.25) is 0 Å². The molecule has 2 atom stereocenters. The van der Waals surface area contributed by atoms with Crippen LogP contribution in [0.1, 0.15) is 37.3 Å². The van der Waals surface area contributed by atoms with E-state index < -0.39 is 11.7 Å². The lowest BCUT2D eigenvalue weighted by Gasteiger charge is -2.41. The van der Waals surface area contributed by atoms with Gasteiger partial charge in [0.15, 0.2) is 5.58 Å². The van der Waals surface area contributed by atoms with Gasteiger partial charge in [-0.25, -0.2) is 4.98 Å². The summed E-state index contributed by atoms with van der Waals surface area (Å²) in [6.07, 6.45) is 0.943. The van der Waals surface area contributed by atoms with Crippen molar-refractivity contribution < 1.29 is 27.2 Å². The second-order valence-electron chi connectivity index (χ2n) is 7.80. The van der Waals surface area contributed by atoms with Gasteiger partial charge in [0.1, 0.15) is 10.5 Å². The lowest BCUT2D eigenvalue weighted by molar-refractivity contribution is -0.191. The number of nitrogens with zero attached hydrogens (tertiary/aromatic N) is 3. The number of oxazole rings is 1. The molecule has 0 radical (unpaired) electrons. The highest BCUT2D eigenvalue weighted by Crippen LogP contribution is 2.43. The largest absolute Gasteiger partial charge is 0.423 e. The fraction of sp³-hybridized carbons (Fsp3) is 0.476. The highest BCUT2D eigenvalue weighted by Gasteiger charge is 2.39. The van der Waals surface area contributed by atoms with E-state index in [4.69, 9.17) is 14.0 Å². The third-order valence-corrected chi connectivity index (χ3v) is 6.60. The summed E-state index contributed by atoms with van der Waals surface area (Å²) in [7, 11) is 0. The second-order valence-corrected chi connectivity index (χ2v) is 8.70. The molecule has 170 valence electrons. The molecule has 2 aromatic heterocycles. The van der Waals surface area contributed by atoms with Gasteiger partial charge in [-0.1, -0.05) is 13.3 Å². The average molecular weight is 466 g/mol. The summed E-state index contributed by atoms with van der Waals surface area (Å²) < 4.78 is 47.9. The molecule has 0 saturated carbocycles. The minimum atomic E-state index is -4.50. The summed E-state index contributed by atoms with van der Waals surface area (Å²) in [4.78, 5) is 26.9. The maximum Gasteiger partial charge on any atom is 0.418 e. The number of carbonyl (C=O) groups excluding carboxylic acids is 2. The summed E-state index contributed by atoms with van der Waals surface area (Å²) in [5.74, 6) is 0. The van der Waals surface area contributed by atoms with Crippen molar-refractivity contribution >= 4 is 34.6 Å². The van der Waals surface area contributed by atoms with E-state index in [2.05, 4.69) is 15.3 Å². The van der Waals surface area contributed by atoms with Gasteiger partial charge in [-0.2, -0.15) is 27.7 Å². The molecule has 2 aliphatic heterocycles. The molecule has 0 aliphatic carbocycles. The molecule has 5 rings (SSSR count). The van der Waals surface area contributed by atoms with E-state index in [9.17, 15) is 13.2 Å². The van der Waals surface area contributed by atoms with E-state index in [1.165, 1.54) is 17.8 Å². The maximum atomic E-state index is 14.0. The molecular weight excluding hydrogens is 445 g/mol.